The van der Waals surface area contributed by atoms with E-state index in [2.05, 4.69) is 19.9 Å². The van der Waals surface area contributed by atoms with Crippen LogP contribution in [0, 0.1) is 5.41 Å². The number of carbonyl (C=O) groups excluding carboxylic acids is 1. The topological polar surface area (TPSA) is 104 Å². The molecule has 6 rings (SSSR count). The van der Waals surface area contributed by atoms with E-state index in [0.29, 0.717) is 62.7 Å². The summed E-state index contributed by atoms with van der Waals surface area (Å²) in [5, 5.41) is 23.5. The molecular weight excluding hydrogens is 623 g/mol. The largest absolute Gasteiger partial charge is 0.393 e. The first-order valence-electron chi connectivity index (χ1n) is 17.2. The van der Waals surface area contributed by atoms with Crippen molar-refractivity contribution >= 4 is 15.8 Å². The van der Waals surface area contributed by atoms with Gasteiger partial charge in [-0.05, 0) is 92.5 Å². The lowest BCUT2D eigenvalue weighted by atomic mass is 9.64. The fourth-order valence-corrected chi connectivity index (χ4v) is 8.74. The maximum atomic E-state index is 14.4. The highest BCUT2D eigenvalue weighted by Crippen LogP contribution is 2.59. The molecule has 3 aromatic carbocycles. The molecule has 1 saturated carbocycles. The second-order valence-corrected chi connectivity index (χ2v) is 16.1. The Morgan fingerprint density at radius 1 is 1.00 bits per heavy atom. The van der Waals surface area contributed by atoms with Crippen LogP contribution >= 0.6 is 0 Å². The van der Waals surface area contributed by atoms with Gasteiger partial charge in [-0.2, -0.15) is 4.31 Å². The van der Waals surface area contributed by atoms with Crippen molar-refractivity contribution in [1.82, 2.24) is 4.31 Å². The summed E-state index contributed by atoms with van der Waals surface area (Å²) in [6.07, 6.45) is 7.53. The van der Waals surface area contributed by atoms with Crippen LogP contribution in [0.1, 0.15) is 91.8 Å². The quantitative estimate of drug-likeness (QED) is 0.138. The van der Waals surface area contributed by atoms with Crippen LogP contribution in [0.2, 0.25) is 0 Å². The summed E-state index contributed by atoms with van der Waals surface area (Å²) in [5.41, 5.74) is 4.15. The Hall–Kier alpha value is -3.14. The van der Waals surface area contributed by atoms with Gasteiger partial charge < -0.3 is 14.9 Å². The number of hydrogen-bond acceptors (Lipinski definition) is 6. The molecule has 3 aromatic rings. The standard InChI is InChI=1S/C40H51NO6S/c1-29-10-8-22-39(2)37(21-23-40(39,44)28-41(48(4,45)46)24-9-25-47-3)35-20-14-30(26-34(42)19-13-29)27-36(35)38(43)33-17-15-32(16-18-33)31-11-6-5-7-12-31/h5-7,10-12,14-18,20,27,34,37,42,44H,8-9,13,19,21-26,28H2,1-4H3. The third kappa shape index (κ3) is 8.01. The van der Waals surface area contributed by atoms with Gasteiger partial charge in [-0.15, -0.1) is 0 Å². The molecule has 4 unspecified atom stereocenters. The van der Waals surface area contributed by atoms with Gasteiger partial charge in [-0.1, -0.05) is 85.3 Å². The zero-order chi connectivity index (χ0) is 34.5. The number of aliphatic hydroxyl groups excluding tert-OH is 1. The van der Waals surface area contributed by atoms with Crippen LogP contribution in [0.15, 0.2) is 84.4 Å². The highest BCUT2D eigenvalue weighted by atomic mass is 32.2. The molecule has 7 nitrogen and oxygen atoms in total. The molecular formula is C40H51NO6S. The average Bonchev–Trinajstić information content (AvgIpc) is 3.32. The molecule has 0 aromatic heterocycles. The van der Waals surface area contributed by atoms with Crippen LogP contribution in [0.25, 0.3) is 11.1 Å². The minimum absolute atomic E-state index is 0.0141. The molecule has 0 aliphatic heterocycles. The van der Waals surface area contributed by atoms with Crippen molar-refractivity contribution in [2.24, 2.45) is 5.41 Å². The van der Waals surface area contributed by atoms with E-state index in [1.54, 1.807) is 7.11 Å². The van der Waals surface area contributed by atoms with E-state index in [9.17, 15) is 23.4 Å². The van der Waals surface area contributed by atoms with E-state index >= 15 is 0 Å². The van der Waals surface area contributed by atoms with Gasteiger partial charge in [0.25, 0.3) is 0 Å². The number of carbonyl (C=O) groups is 1. The van der Waals surface area contributed by atoms with Gasteiger partial charge in [0, 0.05) is 43.3 Å². The average molecular weight is 674 g/mol. The van der Waals surface area contributed by atoms with Crippen LogP contribution in [0.5, 0.6) is 0 Å². The lowest BCUT2D eigenvalue weighted by Gasteiger charge is -2.45. The third-order valence-corrected chi connectivity index (χ3v) is 12.1. The van der Waals surface area contributed by atoms with Crippen LogP contribution < -0.4 is 0 Å². The van der Waals surface area contributed by atoms with Gasteiger partial charge in [-0.25, -0.2) is 8.42 Å². The summed E-state index contributed by atoms with van der Waals surface area (Å²) >= 11 is 0. The monoisotopic (exact) mass is 673 g/mol. The number of ketones is 1. The predicted molar refractivity (Wildman–Crippen MR) is 192 cm³/mol. The number of hydrogen-bond donors (Lipinski definition) is 2. The maximum Gasteiger partial charge on any atom is 0.211 e. The zero-order valence-corrected chi connectivity index (χ0v) is 29.6. The molecule has 4 atom stereocenters. The van der Waals surface area contributed by atoms with Crippen molar-refractivity contribution in [3.8, 4) is 11.1 Å². The number of aliphatic hydroxyl groups is 2. The Bertz CT molecular complexity index is 1700. The molecule has 2 N–H and O–H groups in total. The lowest BCUT2D eigenvalue weighted by Crippen LogP contribution is -2.53. The fraction of sp³-hybridized carbons (Fsp3) is 0.475. The van der Waals surface area contributed by atoms with Crippen molar-refractivity contribution in [1.29, 1.82) is 0 Å². The predicted octanol–water partition coefficient (Wildman–Crippen LogP) is 6.92. The first-order chi connectivity index (χ1) is 22.8. The summed E-state index contributed by atoms with van der Waals surface area (Å²) < 4.78 is 32.6. The molecule has 0 amide bonds. The zero-order valence-electron chi connectivity index (χ0n) is 28.8. The second-order valence-electron chi connectivity index (χ2n) is 14.2. The van der Waals surface area contributed by atoms with Gasteiger partial charge in [0.15, 0.2) is 5.78 Å². The van der Waals surface area contributed by atoms with Crippen molar-refractivity contribution in [2.75, 3.05) is 33.1 Å². The number of allylic oxidation sites excluding steroid dienone is 2. The van der Waals surface area contributed by atoms with Gasteiger partial charge in [0.1, 0.15) is 0 Å². The van der Waals surface area contributed by atoms with E-state index in [4.69, 9.17) is 4.74 Å². The van der Waals surface area contributed by atoms with E-state index in [1.807, 2.05) is 72.8 Å². The summed E-state index contributed by atoms with van der Waals surface area (Å²) in [4.78, 5) is 14.4. The molecule has 1 fully saturated rings. The van der Waals surface area contributed by atoms with Crippen LogP contribution in [0.4, 0.5) is 0 Å². The molecule has 48 heavy (non-hydrogen) atoms. The molecule has 258 valence electrons. The Morgan fingerprint density at radius 2 is 1.71 bits per heavy atom. The van der Waals surface area contributed by atoms with Gasteiger partial charge >= 0.3 is 0 Å². The first kappa shape index (κ1) is 36.1. The summed E-state index contributed by atoms with van der Waals surface area (Å²) in [5.74, 6) is -0.292. The van der Waals surface area contributed by atoms with Gasteiger partial charge in [-0.3, -0.25) is 4.79 Å². The normalized spacial score (nSPS) is 25.0. The molecule has 0 spiro atoms. The van der Waals surface area contributed by atoms with Crippen molar-refractivity contribution in [3.05, 3.63) is 107 Å². The maximum absolute atomic E-state index is 14.4. The summed E-state index contributed by atoms with van der Waals surface area (Å²) in [7, 11) is -2.01. The van der Waals surface area contributed by atoms with E-state index < -0.39 is 27.1 Å². The molecule has 2 bridgehead atoms. The highest BCUT2D eigenvalue weighted by molar-refractivity contribution is 7.88. The number of ether oxygens (including phenoxy) is 1. The van der Waals surface area contributed by atoms with Crippen LogP contribution in [-0.2, 0) is 21.2 Å². The lowest BCUT2D eigenvalue weighted by molar-refractivity contribution is -0.0726. The molecule has 3 aliphatic carbocycles. The first-order valence-corrected chi connectivity index (χ1v) is 19.0. The van der Waals surface area contributed by atoms with Gasteiger partial charge in [0.2, 0.25) is 10.0 Å². The Kier molecular flexibility index (Phi) is 11.4. The molecule has 3 aliphatic rings. The molecule has 0 radical (unpaired) electrons. The fourth-order valence-electron chi connectivity index (χ4n) is 7.84. The number of fused-ring (bicyclic) bond motifs is 8. The van der Waals surface area contributed by atoms with E-state index in [1.165, 1.54) is 16.1 Å². The van der Waals surface area contributed by atoms with Crippen molar-refractivity contribution < 1.29 is 28.2 Å². The summed E-state index contributed by atoms with van der Waals surface area (Å²) in [6, 6.07) is 23.7. The minimum Gasteiger partial charge on any atom is -0.393 e. The third-order valence-electron chi connectivity index (χ3n) is 10.8. The van der Waals surface area contributed by atoms with Crippen molar-refractivity contribution in [2.45, 2.75) is 82.8 Å². The number of sulfonamides is 1. The highest BCUT2D eigenvalue weighted by Gasteiger charge is 2.57. The number of nitrogens with zero attached hydrogens (tertiary/aromatic N) is 1. The number of rotatable bonds is 10. The van der Waals surface area contributed by atoms with Crippen LogP contribution in [-0.4, -0.2) is 73.5 Å². The SMILES string of the molecule is COCCCN(CC1(O)CCC2c3ccc(cc3C(=O)c3ccc(-c4ccccc4)cc3)CC(O)CCC(C)=CCCC21C)S(C)(=O)=O. The number of methoxy groups -OCH3 is 1. The second kappa shape index (κ2) is 15.2. The number of benzene rings is 3. The Labute approximate surface area is 286 Å². The minimum atomic E-state index is -3.60. The molecule has 0 saturated heterocycles. The smallest absolute Gasteiger partial charge is 0.211 e. The van der Waals surface area contributed by atoms with E-state index in [-0.39, 0.29) is 24.8 Å². The van der Waals surface area contributed by atoms with Gasteiger partial charge in [0.05, 0.1) is 18.0 Å². The Balaban J connectivity index is 1.58. The van der Waals surface area contributed by atoms with Crippen molar-refractivity contribution in [3.63, 3.8) is 0 Å². The summed E-state index contributed by atoms with van der Waals surface area (Å²) in [6.45, 7) is 4.82. The Morgan fingerprint density at radius 3 is 2.40 bits per heavy atom. The van der Waals surface area contributed by atoms with E-state index in [0.717, 1.165) is 28.7 Å². The molecule has 8 heteroatoms. The van der Waals surface area contributed by atoms with Crippen LogP contribution in [0.3, 0.4) is 0 Å². The molecule has 0 heterocycles.